The van der Waals surface area contributed by atoms with E-state index in [2.05, 4.69) is 22.3 Å². The van der Waals surface area contributed by atoms with E-state index in [0.29, 0.717) is 22.8 Å². The molecule has 1 fully saturated rings. The van der Waals surface area contributed by atoms with Crippen LogP contribution in [0.15, 0.2) is 36.4 Å². The van der Waals surface area contributed by atoms with Crippen molar-refractivity contribution in [2.75, 3.05) is 57.8 Å². The Kier molecular flexibility index (Phi) is 7.66. The highest BCUT2D eigenvalue weighted by Crippen LogP contribution is 2.38. The fourth-order valence-corrected chi connectivity index (χ4v) is 4.26. The number of thioether (sulfide) groups is 1. The van der Waals surface area contributed by atoms with Gasteiger partial charge in [0.2, 0.25) is 5.75 Å². The highest BCUT2D eigenvalue weighted by molar-refractivity contribution is 7.99. The summed E-state index contributed by atoms with van der Waals surface area (Å²) >= 11 is 2.03. The number of hydrogen-bond donors (Lipinski definition) is 1. The molecule has 1 N–H and O–H groups in total. The number of methoxy groups -OCH3 is 3. The second kappa shape index (κ2) is 10.4. The zero-order valence-corrected chi connectivity index (χ0v) is 18.0. The monoisotopic (exact) mass is 416 g/mol. The summed E-state index contributed by atoms with van der Waals surface area (Å²) in [5, 5.41) is 2.93. The number of amides is 1. The van der Waals surface area contributed by atoms with Crippen LogP contribution in [0.5, 0.6) is 17.2 Å². The number of rotatable bonds is 8. The maximum absolute atomic E-state index is 12.7. The van der Waals surface area contributed by atoms with Crippen molar-refractivity contribution >= 4 is 23.4 Å². The van der Waals surface area contributed by atoms with Gasteiger partial charge in [0.05, 0.1) is 21.3 Å². The second-order valence-corrected chi connectivity index (χ2v) is 7.99. The van der Waals surface area contributed by atoms with Crippen LogP contribution in [0.25, 0.3) is 0 Å². The summed E-state index contributed by atoms with van der Waals surface area (Å²) in [6.45, 7) is 3.43. The maximum Gasteiger partial charge on any atom is 0.255 e. The van der Waals surface area contributed by atoms with Crippen LogP contribution < -0.4 is 19.5 Å². The number of carbonyl (C=O) groups is 1. The van der Waals surface area contributed by atoms with Crippen LogP contribution in [0.3, 0.4) is 0 Å². The smallest absolute Gasteiger partial charge is 0.255 e. The predicted molar refractivity (Wildman–Crippen MR) is 118 cm³/mol. The van der Waals surface area contributed by atoms with Crippen LogP contribution >= 0.6 is 11.8 Å². The van der Waals surface area contributed by atoms with Crippen molar-refractivity contribution in [2.45, 2.75) is 6.42 Å². The van der Waals surface area contributed by atoms with Gasteiger partial charge in [-0.25, -0.2) is 0 Å². The Morgan fingerprint density at radius 2 is 1.62 bits per heavy atom. The molecule has 2 aromatic carbocycles. The third-order valence-corrected chi connectivity index (χ3v) is 5.90. The van der Waals surface area contributed by atoms with Crippen molar-refractivity contribution in [1.82, 2.24) is 4.90 Å². The summed E-state index contributed by atoms with van der Waals surface area (Å²) in [6.07, 6.45) is 1.02. The van der Waals surface area contributed by atoms with Crippen molar-refractivity contribution in [3.05, 3.63) is 47.5 Å². The summed E-state index contributed by atoms with van der Waals surface area (Å²) in [6, 6.07) is 11.3. The normalized spacial score (nSPS) is 14.3. The Bertz CT molecular complexity index is 795. The standard InChI is InChI=1S/C22H28N2O4S/c1-26-19-14-17(15-20(27-2)21(19)28-3)22(25)23-18-6-4-16(5-7-18)8-9-24-10-12-29-13-11-24/h4-7,14-15H,8-13H2,1-3H3,(H,23,25). The van der Waals surface area contributed by atoms with Gasteiger partial charge in [-0.3, -0.25) is 4.79 Å². The number of hydrogen-bond acceptors (Lipinski definition) is 6. The number of carbonyl (C=O) groups excluding carboxylic acids is 1. The molecule has 2 aromatic rings. The molecule has 0 aromatic heterocycles. The summed E-state index contributed by atoms with van der Waals surface area (Å²) < 4.78 is 15.9. The lowest BCUT2D eigenvalue weighted by Gasteiger charge is -2.26. The minimum atomic E-state index is -0.234. The molecule has 6 nitrogen and oxygen atoms in total. The molecule has 1 heterocycles. The Morgan fingerprint density at radius 3 is 2.17 bits per heavy atom. The first kappa shape index (κ1) is 21.3. The minimum absolute atomic E-state index is 0.234. The van der Waals surface area contributed by atoms with E-state index in [0.717, 1.165) is 18.7 Å². The number of anilines is 1. The summed E-state index contributed by atoms with van der Waals surface area (Å²) in [5.41, 5.74) is 2.46. The summed E-state index contributed by atoms with van der Waals surface area (Å²) in [7, 11) is 4.59. The van der Waals surface area contributed by atoms with Gasteiger partial charge in [0.15, 0.2) is 11.5 Å². The Hall–Kier alpha value is -2.38. The van der Waals surface area contributed by atoms with Gasteiger partial charge in [-0.05, 0) is 36.2 Å². The van der Waals surface area contributed by atoms with Crippen LogP contribution in [-0.4, -0.2) is 63.3 Å². The zero-order chi connectivity index (χ0) is 20.6. The lowest BCUT2D eigenvalue weighted by Crippen LogP contribution is -2.34. The van der Waals surface area contributed by atoms with Crippen LogP contribution in [0, 0.1) is 0 Å². The van der Waals surface area contributed by atoms with Gasteiger partial charge in [0, 0.05) is 42.4 Å². The van der Waals surface area contributed by atoms with Crippen molar-refractivity contribution in [3.8, 4) is 17.2 Å². The van der Waals surface area contributed by atoms with Crippen LogP contribution in [0.2, 0.25) is 0 Å². The number of ether oxygens (including phenoxy) is 3. The van der Waals surface area contributed by atoms with Gasteiger partial charge in [-0.2, -0.15) is 11.8 Å². The molecule has 0 saturated carbocycles. The molecule has 0 aliphatic carbocycles. The lowest BCUT2D eigenvalue weighted by molar-refractivity contribution is 0.102. The molecular weight excluding hydrogens is 388 g/mol. The van der Waals surface area contributed by atoms with Gasteiger partial charge in [-0.1, -0.05) is 12.1 Å². The largest absolute Gasteiger partial charge is 0.493 e. The second-order valence-electron chi connectivity index (χ2n) is 6.77. The molecule has 1 saturated heterocycles. The minimum Gasteiger partial charge on any atom is -0.493 e. The molecule has 7 heteroatoms. The van der Waals surface area contributed by atoms with Crippen molar-refractivity contribution < 1.29 is 19.0 Å². The van der Waals surface area contributed by atoms with E-state index in [1.807, 2.05) is 23.9 Å². The average molecular weight is 417 g/mol. The van der Waals surface area contributed by atoms with E-state index in [1.54, 1.807) is 12.1 Å². The predicted octanol–water partition coefficient (Wildman–Crippen LogP) is 3.56. The number of benzene rings is 2. The van der Waals surface area contributed by atoms with Crippen LogP contribution in [-0.2, 0) is 6.42 Å². The molecule has 0 spiro atoms. The Morgan fingerprint density at radius 1 is 1.00 bits per heavy atom. The van der Waals surface area contributed by atoms with E-state index in [4.69, 9.17) is 14.2 Å². The van der Waals surface area contributed by atoms with Crippen molar-refractivity contribution in [2.24, 2.45) is 0 Å². The Labute approximate surface area is 176 Å². The molecule has 0 unspecified atom stereocenters. The highest BCUT2D eigenvalue weighted by Gasteiger charge is 2.17. The van der Waals surface area contributed by atoms with Gasteiger partial charge < -0.3 is 24.4 Å². The molecule has 156 valence electrons. The quantitative estimate of drug-likeness (QED) is 0.710. The molecule has 1 amide bonds. The first-order valence-electron chi connectivity index (χ1n) is 9.65. The van der Waals surface area contributed by atoms with E-state index in [9.17, 15) is 4.79 Å². The molecule has 0 atom stereocenters. The molecule has 0 radical (unpaired) electrons. The molecule has 1 aliphatic rings. The van der Waals surface area contributed by atoms with Gasteiger partial charge in [0.25, 0.3) is 5.91 Å². The van der Waals surface area contributed by atoms with Crippen LogP contribution in [0.4, 0.5) is 5.69 Å². The molecule has 3 rings (SSSR count). The van der Waals surface area contributed by atoms with E-state index < -0.39 is 0 Å². The average Bonchev–Trinajstić information content (AvgIpc) is 2.78. The third kappa shape index (κ3) is 5.58. The third-order valence-electron chi connectivity index (χ3n) is 4.96. The first-order chi connectivity index (χ1) is 14.1. The van der Waals surface area contributed by atoms with E-state index >= 15 is 0 Å². The number of nitrogens with zero attached hydrogens (tertiary/aromatic N) is 1. The summed E-state index contributed by atoms with van der Waals surface area (Å²) in [4.78, 5) is 15.2. The zero-order valence-electron chi connectivity index (χ0n) is 17.2. The first-order valence-corrected chi connectivity index (χ1v) is 10.8. The topological polar surface area (TPSA) is 60.0 Å². The maximum atomic E-state index is 12.7. The Balaban J connectivity index is 1.63. The molecule has 29 heavy (non-hydrogen) atoms. The fraction of sp³-hybridized carbons (Fsp3) is 0.409. The molecular formula is C22H28N2O4S. The highest BCUT2D eigenvalue weighted by atomic mass is 32.2. The lowest BCUT2D eigenvalue weighted by atomic mass is 10.1. The van der Waals surface area contributed by atoms with E-state index in [1.165, 1.54) is 51.5 Å². The number of nitrogens with one attached hydrogen (secondary N) is 1. The SMILES string of the molecule is COc1cc(C(=O)Nc2ccc(CCN3CCSCC3)cc2)cc(OC)c1OC. The van der Waals surface area contributed by atoms with E-state index in [-0.39, 0.29) is 5.91 Å². The van der Waals surface area contributed by atoms with Gasteiger partial charge in [-0.15, -0.1) is 0 Å². The van der Waals surface area contributed by atoms with Crippen LogP contribution in [0.1, 0.15) is 15.9 Å². The summed E-state index contributed by atoms with van der Waals surface area (Å²) in [5.74, 6) is 3.58. The molecule has 1 aliphatic heterocycles. The fourth-order valence-electron chi connectivity index (χ4n) is 3.28. The van der Waals surface area contributed by atoms with Gasteiger partial charge in [0.1, 0.15) is 0 Å². The molecule has 0 bridgehead atoms. The van der Waals surface area contributed by atoms with Crippen molar-refractivity contribution in [1.29, 1.82) is 0 Å². The van der Waals surface area contributed by atoms with Gasteiger partial charge >= 0.3 is 0 Å². The van der Waals surface area contributed by atoms with Crippen molar-refractivity contribution in [3.63, 3.8) is 0 Å².